The molecule has 1 aliphatic rings. The van der Waals surface area contributed by atoms with Gasteiger partial charge in [-0.3, -0.25) is 0 Å². The highest BCUT2D eigenvalue weighted by Crippen LogP contribution is 2.33. The Morgan fingerprint density at radius 2 is 1.46 bits per heavy atom. The number of para-hydroxylation sites is 1. The van der Waals surface area contributed by atoms with Crippen LogP contribution in [0.15, 0.2) is 40.6 Å². The zero-order chi connectivity index (χ0) is 27.4. The molecule has 7 heteroatoms. The van der Waals surface area contributed by atoms with Gasteiger partial charge in [-0.15, -0.1) is 11.3 Å². The minimum atomic E-state index is -2.97. The van der Waals surface area contributed by atoms with Crippen LogP contribution in [0.3, 0.4) is 0 Å². The number of hydrogen-bond donors (Lipinski definition) is 0. The summed E-state index contributed by atoms with van der Waals surface area (Å²) in [6.45, 7) is 8.56. The van der Waals surface area contributed by atoms with Crippen LogP contribution >= 0.6 is 11.3 Å². The Bertz CT molecular complexity index is 1170. The predicted molar refractivity (Wildman–Crippen MR) is 161 cm³/mol. The van der Waals surface area contributed by atoms with Gasteiger partial charge in [-0.25, -0.2) is 18.4 Å². The molecule has 0 aliphatic heterocycles. The molecule has 206 valence electrons. The van der Waals surface area contributed by atoms with Crippen molar-refractivity contribution < 1.29 is 8.42 Å². The number of aromatic nitrogens is 2. The lowest BCUT2D eigenvalue weighted by Crippen LogP contribution is -2.14. The second-order valence-electron chi connectivity index (χ2n) is 10.3. The fourth-order valence-electron chi connectivity index (χ4n) is 4.89. The Kier molecular flexibility index (Phi) is 13.0. The fraction of sp³-hybridized carbons (Fsp3) is 0.600. The van der Waals surface area contributed by atoms with E-state index in [0.29, 0.717) is 4.21 Å². The number of hydrogen-bond acceptors (Lipinski definition) is 6. The lowest BCUT2D eigenvalue weighted by molar-refractivity contribution is 0.251. The molecule has 2 heterocycles. The van der Waals surface area contributed by atoms with E-state index in [9.17, 15) is 8.42 Å². The van der Waals surface area contributed by atoms with Crippen LogP contribution < -0.4 is 4.90 Å². The maximum absolute atomic E-state index is 11.0. The van der Waals surface area contributed by atoms with Crippen molar-refractivity contribution in [2.75, 3.05) is 25.3 Å². The highest BCUT2D eigenvalue weighted by Gasteiger charge is 2.19. The van der Waals surface area contributed by atoms with Crippen LogP contribution in [-0.2, 0) is 16.3 Å². The van der Waals surface area contributed by atoms with Gasteiger partial charge < -0.3 is 4.90 Å². The van der Waals surface area contributed by atoms with E-state index in [2.05, 4.69) is 23.8 Å². The fourth-order valence-corrected chi connectivity index (χ4v) is 6.80. The molecule has 2 aromatic heterocycles. The number of nitrogens with zero attached hydrogens (tertiary/aromatic N) is 3. The summed E-state index contributed by atoms with van der Waals surface area (Å²) >= 11 is 1.35. The van der Waals surface area contributed by atoms with Crippen molar-refractivity contribution in [3.63, 3.8) is 0 Å². The highest BCUT2D eigenvalue weighted by molar-refractivity contribution is 7.92. The SMILES string of the molecule is CCCC1CCC(CCC)CC1.CCc1ccc(S(C)(=O)=O)s1.Cc1nc(N(C)C)c2ccccc2n1. The molecule has 1 aliphatic carbocycles. The Labute approximate surface area is 229 Å². The van der Waals surface area contributed by atoms with Crippen LogP contribution in [0.1, 0.15) is 82.8 Å². The first-order chi connectivity index (χ1) is 17.6. The van der Waals surface area contributed by atoms with E-state index in [1.54, 1.807) is 6.07 Å². The van der Waals surface area contributed by atoms with Crippen LogP contribution in [0, 0.1) is 18.8 Å². The van der Waals surface area contributed by atoms with Gasteiger partial charge in [0.2, 0.25) is 0 Å². The third-order valence-corrected chi connectivity index (χ3v) is 9.88. The Hall–Kier alpha value is -1.99. The lowest BCUT2D eigenvalue weighted by atomic mass is 9.78. The van der Waals surface area contributed by atoms with E-state index in [1.807, 2.05) is 63.2 Å². The van der Waals surface area contributed by atoms with E-state index >= 15 is 0 Å². The molecule has 0 N–H and O–H groups in total. The third kappa shape index (κ3) is 10.4. The first-order valence-corrected chi connectivity index (χ1v) is 16.5. The molecule has 0 bridgehead atoms. The van der Waals surface area contributed by atoms with Gasteiger partial charge in [0.15, 0.2) is 9.84 Å². The van der Waals surface area contributed by atoms with Crippen LogP contribution in [0.4, 0.5) is 5.82 Å². The Morgan fingerprint density at radius 1 is 0.892 bits per heavy atom. The summed E-state index contributed by atoms with van der Waals surface area (Å²) in [7, 11) is 1.01. The minimum absolute atomic E-state index is 0.467. The van der Waals surface area contributed by atoms with Crippen molar-refractivity contribution in [2.45, 2.75) is 89.7 Å². The Balaban J connectivity index is 0.000000197. The minimum Gasteiger partial charge on any atom is -0.362 e. The summed E-state index contributed by atoms with van der Waals surface area (Å²) in [5.41, 5.74) is 1.00. The summed E-state index contributed by atoms with van der Waals surface area (Å²) in [5, 5.41) is 1.10. The number of thiophene rings is 1. The standard InChI is InChI=1S/C12H24.C11H13N3.C7H10O2S2/c1-3-5-11-7-9-12(6-4-2)10-8-11;1-8-12-10-7-5-4-6-9(10)11(13-8)14(2)3;1-3-6-4-5-7(10-6)11(2,8)9/h11-12H,3-10H2,1-2H3;4-7H,1-3H3;4-5H,3H2,1-2H3. The van der Waals surface area contributed by atoms with E-state index in [0.717, 1.165) is 45.7 Å². The molecule has 0 unspecified atom stereocenters. The summed E-state index contributed by atoms with van der Waals surface area (Å²) in [5.74, 6) is 3.96. The van der Waals surface area contributed by atoms with Gasteiger partial charge >= 0.3 is 0 Å². The van der Waals surface area contributed by atoms with Gasteiger partial charge in [-0.05, 0) is 49.4 Å². The quantitative estimate of drug-likeness (QED) is 0.300. The molecule has 0 radical (unpaired) electrons. The van der Waals surface area contributed by atoms with Gasteiger partial charge in [-0.1, -0.05) is 84.3 Å². The first kappa shape index (κ1) is 31.2. The molecule has 1 aromatic carbocycles. The average molecular weight is 546 g/mol. The number of benzene rings is 1. The summed E-state index contributed by atoms with van der Waals surface area (Å²) in [6, 6.07) is 11.6. The van der Waals surface area contributed by atoms with Crippen LogP contribution in [0.2, 0.25) is 0 Å². The molecular weight excluding hydrogens is 498 g/mol. The van der Waals surface area contributed by atoms with E-state index in [4.69, 9.17) is 0 Å². The zero-order valence-electron chi connectivity index (χ0n) is 24.0. The number of aryl methyl sites for hydroxylation is 2. The first-order valence-electron chi connectivity index (χ1n) is 13.8. The van der Waals surface area contributed by atoms with Crippen LogP contribution in [0.25, 0.3) is 10.9 Å². The molecular formula is C30H47N3O2S2. The lowest BCUT2D eigenvalue weighted by Gasteiger charge is -2.27. The van der Waals surface area contributed by atoms with E-state index in [-0.39, 0.29) is 0 Å². The monoisotopic (exact) mass is 545 g/mol. The van der Waals surface area contributed by atoms with Crippen molar-refractivity contribution in [1.29, 1.82) is 0 Å². The normalized spacial score (nSPS) is 17.4. The van der Waals surface area contributed by atoms with Crippen molar-refractivity contribution in [1.82, 2.24) is 9.97 Å². The van der Waals surface area contributed by atoms with Gasteiger partial charge in [0.05, 0.1) is 5.52 Å². The summed E-state index contributed by atoms with van der Waals surface area (Å²) < 4.78 is 22.4. The molecule has 37 heavy (non-hydrogen) atoms. The van der Waals surface area contributed by atoms with E-state index < -0.39 is 9.84 Å². The summed E-state index contributed by atoms with van der Waals surface area (Å²) in [4.78, 5) is 11.9. The van der Waals surface area contributed by atoms with Crippen LogP contribution in [0.5, 0.6) is 0 Å². The second-order valence-corrected chi connectivity index (χ2v) is 13.7. The molecule has 3 aromatic rings. The molecule has 1 saturated carbocycles. The number of sulfone groups is 1. The zero-order valence-corrected chi connectivity index (χ0v) is 25.6. The highest BCUT2D eigenvalue weighted by atomic mass is 32.2. The molecule has 0 spiro atoms. The maximum Gasteiger partial charge on any atom is 0.184 e. The second kappa shape index (κ2) is 15.4. The van der Waals surface area contributed by atoms with Crippen molar-refractivity contribution in [3.8, 4) is 0 Å². The molecule has 4 rings (SSSR count). The van der Waals surface area contributed by atoms with Gasteiger partial charge in [0, 0.05) is 30.6 Å². The van der Waals surface area contributed by atoms with Crippen molar-refractivity contribution in [2.24, 2.45) is 11.8 Å². The van der Waals surface area contributed by atoms with Crippen LogP contribution in [-0.4, -0.2) is 38.7 Å². The molecule has 0 saturated heterocycles. The smallest absolute Gasteiger partial charge is 0.184 e. The average Bonchev–Trinajstić information content (AvgIpc) is 3.36. The predicted octanol–water partition coefficient (Wildman–Crippen LogP) is 8.11. The largest absolute Gasteiger partial charge is 0.362 e. The molecule has 0 atom stereocenters. The Morgan fingerprint density at radius 3 is 1.89 bits per heavy atom. The number of anilines is 1. The maximum atomic E-state index is 11.0. The summed E-state index contributed by atoms with van der Waals surface area (Å²) in [6.07, 6.45) is 14.0. The van der Waals surface area contributed by atoms with Gasteiger partial charge in [0.25, 0.3) is 0 Å². The third-order valence-electron chi connectivity index (χ3n) is 6.83. The molecule has 0 amide bonds. The topological polar surface area (TPSA) is 63.2 Å². The molecule has 5 nitrogen and oxygen atoms in total. The number of rotatable bonds is 7. The molecule has 1 fully saturated rings. The van der Waals surface area contributed by atoms with Gasteiger partial charge in [-0.2, -0.15) is 0 Å². The van der Waals surface area contributed by atoms with E-state index in [1.165, 1.54) is 69.0 Å². The van der Waals surface area contributed by atoms with Crippen molar-refractivity contribution >= 4 is 37.9 Å². The van der Waals surface area contributed by atoms with Crippen molar-refractivity contribution in [3.05, 3.63) is 47.1 Å². The van der Waals surface area contributed by atoms with Gasteiger partial charge in [0.1, 0.15) is 15.9 Å². The number of fused-ring (bicyclic) bond motifs is 1.